The third kappa shape index (κ3) is 3.82. The molecule has 0 aliphatic rings. The van der Waals surface area contributed by atoms with Crippen molar-refractivity contribution in [3.05, 3.63) is 59.4 Å². The standard InChI is InChI=1S/C16H15FN2O3/c1-10-6-7-13(9-14(10)17)19-16(21)18-12-5-3-4-11(8-12)15(20)22-2/h3-9H,1-2H3,(H2,18,19,21). The minimum absolute atomic E-state index is 0.321. The molecule has 6 heteroatoms. The summed E-state index contributed by atoms with van der Waals surface area (Å²) in [5.74, 6) is -0.893. The Morgan fingerprint density at radius 2 is 1.73 bits per heavy atom. The summed E-state index contributed by atoms with van der Waals surface area (Å²) in [6, 6.07) is 10.2. The van der Waals surface area contributed by atoms with Crippen LogP contribution < -0.4 is 10.6 Å². The summed E-state index contributed by atoms with van der Waals surface area (Å²) in [6.07, 6.45) is 0. The number of carbonyl (C=O) groups is 2. The van der Waals surface area contributed by atoms with Crippen LogP contribution >= 0.6 is 0 Å². The van der Waals surface area contributed by atoms with Crippen LogP contribution in [0.25, 0.3) is 0 Å². The second kappa shape index (κ2) is 6.71. The smallest absolute Gasteiger partial charge is 0.337 e. The Kier molecular flexibility index (Phi) is 4.73. The van der Waals surface area contributed by atoms with Crippen molar-refractivity contribution in [1.82, 2.24) is 0 Å². The van der Waals surface area contributed by atoms with E-state index in [1.807, 2.05) is 0 Å². The molecule has 0 fully saturated rings. The first-order valence-electron chi connectivity index (χ1n) is 6.52. The number of hydrogen-bond donors (Lipinski definition) is 2. The van der Waals surface area contributed by atoms with E-state index >= 15 is 0 Å². The van der Waals surface area contributed by atoms with Crippen molar-refractivity contribution in [2.24, 2.45) is 0 Å². The second-order valence-corrected chi connectivity index (χ2v) is 4.62. The van der Waals surface area contributed by atoms with Gasteiger partial charge in [-0.25, -0.2) is 14.0 Å². The normalized spacial score (nSPS) is 9.95. The quantitative estimate of drug-likeness (QED) is 0.852. The van der Waals surface area contributed by atoms with Gasteiger partial charge in [-0.2, -0.15) is 0 Å². The molecule has 2 amide bonds. The number of anilines is 2. The summed E-state index contributed by atoms with van der Waals surface area (Å²) in [7, 11) is 1.28. The first-order chi connectivity index (χ1) is 10.5. The first kappa shape index (κ1) is 15.5. The number of benzene rings is 2. The van der Waals surface area contributed by atoms with Gasteiger partial charge in [0.25, 0.3) is 0 Å². The Morgan fingerprint density at radius 1 is 1.05 bits per heavy atom. The largest absolute Gasteiger partial charge is 0.465 e. The van der Waals surface area contributed by atoms with Crippen molar-refractivity contribution >= 4 is 23.4 Å². The molecule has 2 N–H and O–H groups in total. The number of methoxy groups -OCH3 is 1. The van der Waals surface area contributed by atoms with E-state index in [4.69, 9.17) is 0 Å². The summed E-state index contributed by atoms with van der Waals surface area (Å²) in [5.41, 5.74) is 1.58. The molecule has 2 rings (SSSR count). The summed E-state index contributed by atoms with van der Waals surface area (Å²) in [4.78, 5) is 23.3. The predicted molar refractivity (Wildman–Crippen MR) is 81.6 cm³/mol. The van der Waals surface area contributed by atoms with Gasteiger partial charge in [-0.05, 0) is 42.8 Å². The van der Waals surface area contributed by atoms with Crippen LogP contribution in [-0.4, -0.2) is 19.1 Å². The summed E-state index contributed by atoms with van der Waals surface area (Å²) < 4.78 is 18.0. The van der Waals surface area contributed by atoms with Gasteiger partial charge in [0.2, 0.25) is 0 Å². The van der Waals surface area contributed by atoms with Crippen molar-refractivity contribution in [3.63, 3.8) is 0 Å². The number of rotatable bonds is 3. The average Bonchev–Trinajstić information content (AvgIpc) is 2.50. The summed E-state index contributed by atoms with van der Waals surface area (Å²) >= 11 is 0. The van der Waals surface area contributed by atoms with E-state index in [0.29, 0.717) is 22.5 Å². The predicted octanol–water partition coefficient (Wildman–Crippen LogP) is 3.56. The molecule has 5 nitrogen and oxygen atoms in total. The number of hydrogen-bond acceptors (Lipinski definition) is 3. The van der Waals surface area contributed by atoms with Crippen molar-refractivity contribution in [2.75, 3.05) is 17.7 Å². The Morgan fingerprint density at radius 3 is 2.36 bits per heavy atom. The zero-order valence-electron chi connectivity index (χ0n) is 12.1. The van der Waals surface area contributed by atoms with Gasteiger partial charge in [0.1, 0.15) is 5.82 Å². The van der Waals surface area contributed by atoms with E-state index in [-0.39, 0.29) is 0 Å². The number of amides is 2. The minimum atomic E-state index is -0.537. The van der Waals surface area contributed by atoms with Crippen molar-refractivity contribution in [1.29, 1.82) is 0 Å². The van der Waals surface area contributed by atoms with E-state index in [1.165, 1.54) is 19.2 Å². The van der Waals surface area contributed by atoms with Crippen molar-refractivity contribution in [2.45, 2.75) is 6.92 Å². The van der Waals surface area contributed by atoms with Gasteiger partial charge in [0.15, 0.2) is 0 Å². The van der Waals surface area contributed by atoms with Gasteiger partial charge in [0.05, 0.1) is 12.7 Å². The molecule has 0 heterocycles. The molecule has 0 radical (unpaired) electrons. The number of urea groups is 1. The Hall–Kier alpha value is -2.89. The monoisotopic (exact) mass is 302 g/mol. The topological polar surface area (TPSA) is 67.4 Å². The lowest BCUT2D eigenvalue weighted by Crippen LogP contribution is -2.19. The number of ether oxygens (including phenoxy) is 1. The van der Waals surface area contributed by atoms with Gasteiger partial charge in [0, 0.05) is 11.4 Å². The van der Waals surface area contributed by atoms with Gasteiger partial charge in [-0.3, -0.25) is 0 Å². The minimum Gasteiger partial charge on any atom is -0.465 e. The Balaban J connectivity index is 2.05. The van der Waals surface area contributed by atoms with E-state index in [0.717, 1.165) is 0 Å². The highest BCUT2D eigenvalue weighted by Crippen LogP contribution is 2.15. The molecule has 0 aliphatic heterocycles. The molecule has 114 valence electrons. The fraction of sp³-hybridized carbons (Fsp3) is 0.125. The SMILES string of the molecule is COC(=O)c1cccc(NC(=O)Nc2ccc(C)c(F)c2)c1. The van der Waals surface area contributed by atoms with Crippen LogP contribution in [0, 0.1) is 12.7 Å². The molecule has 0 spiro atoms. The zero-order valence-corrected chi connectivity index (χ0v) is 12.1. The van der Waals surface area contributed by atoms with Crippen LogP contribution in [0.1, 0.15) is 15.9 Å². The zero-order chi connectivity index (χ0) is 16.1. The van der Waals surface area contributed by atoms with Gasteiger partial charge >= 0.3 is 12.0 Å². The Labute approximate surface area is 127 Å². The number of nitrogens with one attached hydrogen (secondary N) is 2. The third-order valence-corrected chi connectivity index (χ3v) is 2.97. The number of carbonyl (C=O) groups excluding carboxylic acids is 2. The highest BCUT2D eigenvalue weighted by Gasteiger charge is 2.08. The van der Waals surface area contributed by atoms with Crippen LogP contribution in [0.3, 0.4) is 0 Å². The molecule has 0 unspecified atom stereocenters. The van der Waals surface area contributed by atoms with Crippen molar-refractivity contribution < 1.29 is 18.7 Å². The van der Waals surface area contributed by atoms with Crippen molar-refractivity contribution in [3.8, 4) is 0 Å². The van der Waals surface area contributed by atoms with Crippen LogP contribution in [-0.2, 0) is 4.74 Å². The second-order valence-electron chi connectivity index (χ2n) is 4.62. The highest BCUT2D eigenvalue weighted by atomic mass is 19.1. The summed E-state index contributed by atoms with van der Waals surface area (Å²) in [5, 5.41) is 5.08. The first-order valence-corrected chi connectivity index (χ1v) is 6.52. The lowest BCUT2D eigenvalue weighted by molar-refractivity contribution is 0.0600. The average molecular weight is 302 g/mol. The molecular formula is C16H15FN2O3. The fourth-order valence-electron chi connectivity index (χ4n) is 1.81. The molecule has 0 saturated carbocycles. The molecule has 0 atom stereocenters. The number of aryl methyl sites for hydroxylation is 1. The maximum absolute atomic E-state index is 13.4. The maximum Gasteiger partial charge on any atom is 0.337 e. The molecule has 0 aromatic heterocycles. The van der Waals surface area contributed by atoms with Gasteiger partial charge in [-0.1, -0.05) is 12.1 Å². The molecule has 22 heavy (non-hydrogen) atoms. The van der Waals surface area contributed by atoms with Crippen LogP contribution in [0.2, 0.25) is 0 Å². The molecule has 2 aromatic carbocycles. The van der Waals surface area contributed by atoms with E-state index < -0.39 is 17.8 Å². The van der Waals surface area contributed by atoms with E-state index in [2.05, 4.69) is 15.4 Å². The highest BCUT2D eigenvalue weighted by molar-refractivity contribution is 6.00. The fourth-order valence-corrected chi connectivity index (χ4v) is 1.81. The molecule has 0 aliphatic carbocycles. The van der Waals surface area contributed by atoms with Crippen LogP contribution in [0.5, 0.6) is 0 Å². The lowest BCUT2D eigenvalue weighted by atomic mass is 10.2. The van der Waals surface area contributed by atoms with Crippen LogP contribution in [0.15, 0.2) is 42.5 Å². The van der Waals surface area contributed by atoms with E-state index in [9.17, 15) is 14.0 Å². The molecule has 0 bridgehead atoms. The van der Waals surface area contributed by atoms with Gasteiger partial charge in [-0.15, -0.1) is 0 Å². The van der Waals surface area contributed by atoms with E-state index in [1.54, 1.807) is 37.3 Å². The summed E-state index contributed by atoms with van der Waals surface area (Å²) in [6.45, 7) is 1.64. The van der Waals surface area contributed by atoms with Gasteiger partial charge < -0.3 is 15.4 Å². The number of esters is 1. The lowest BCUT2D eigenvalue weighted by Gasteiger charge is -2.09. The Bertz CT molecular complexity index is 716. The van der Waals surface area contributed by atoms with Crippen LogP contribution in [0.4, 0.5) is 20.6 Å². The molecule has 2 aromatic rings. The third-order valence-electron chi connectivity index (χ3n) is 2.97. The maximum atomic E-state index is 13.4. The molecule has 0 saturated heterocycles. The molecular weight excluding hydrogens is 287 g/mol. The number of halogens is 1.